The molecule has 0 bridgehead atoms. The van der Waals surface area contributed by atoms with E-state index in [0.717, 1.165) is 21.6 Å². The molecular formula is C21H23N3O5S3. The number of ether oxygens (including phenoxy) is 1. The van der Waals surface area contributed by atoms with Gasteiger partial charge in [-0.05, 0) is 49.2 Å². The third-order valence-corrected chi connectivity index (χ3v) is 10.8. The van der Waals surface area contributed by atoms with Crippen molar-refractivity contribution in [3.8, 4) is 0 Å². The lowest BCUT2D eigenvalue weighted by atomic mass is 10.2. The second-order valence-corrected chi connectivity index (χ2v) is 12.7. The van der Waals surface area contributed by atoms with Crippen LogP contribution in [0.15, 0.2) is 58.3 Å². The van der Waals surface area contributed by atoms with Crippen LogP contribution in [0.5, 0.6) is 0 Å². The minimum atomic E-state index is -3.79. The van der Waals surface area contributed by atoms with Crippen LogP contribution in [-0.4, -0.2) is 63.3 Å². The molecule has 0 radical (unpaired) electrons. The average molecular weight is 494 g/mol. The molecule has 32 heavy (non-hydrogen) atoms. The van der Waals surface area contributed by atoms with Gasteiger partial charge in [-0.25, -0.2) is 21.8 Å². The number of morpholine rings is 1. The van der Waals surface area contributed by atoms with Gasteiger partial charge in [0.1, 0.15) is 5.01 Å². The van der Waals surface area contributed by atoms with E-state index in [4.69, 9.17) is 4.74 Å². The Morgan fingerprint density at radius 1 is 0.875 bits per heavy atom. The highest BCUT2D eigenvalue weighted by Gasteiger charge is 2.38. The normalized spacial score (nSPS) is 21.3. The van der Waals surface area contributed by atoms with Crippen molar-refractivity contribution in [2.24, 2.45) is 0 Å². The number of rotatable bonds is 5. The summed E-state index contributed by atoms with van der Waals surface area (Å²) in [4.78, 5) is 4.84. The van der Waals surface area contributed by atoms with E-state index in [1.54, 1.807) is 0 Å². The summed E-state index contributed by atoms with van der Waals surface area (Å²) >= 11 is 1.52. The van der Waals surface area contributed by atoms with Crippen molar-refractivity contribution in [1.82, 2.24) is 13.6 Å². The molecule has 2 aromatic carbocycles. The van der Waals surface area contributed by atoms with E-state index in [2.05, 4.69) is 4.98 Å². The summed E-state index contributed by atoms with van der Waals surface area (Å²) in [5, 5.41) is 0.791. The smallest absolute Gasteiger partial charge is 0.243 e. The predicted molar refractivity (Wildman–Crippen MR) is 122 cm³/mol. The van der Waals surface area contributed by atoms with Crippen LogP contribution >= 0.6 is 11.3 Å². The minimum Gasteiger partial charge on any atom is -0.379 e. The minimum absolute atomic E-state index is 0.0856. The fourth-order valence-electron chi connectivity index (χ4n) is 4.16. The molecule has 170 valence electrons. The third-order valence-electron chi connectivity index (χ3n) is 5.84. The third kappa shape index (κ3) is 3.87. The number of aromatic nitrogens is 1. The Kier molecular flexibility index (Phi) is 5.81. The molecule has 3 heterocycles. The molecule has 0 unspecified atom stereocenters. The van der Waals surface area contributed by atoms with Crippen molar-refractivity contribution < 1.29 is 21.6 Å². The van der Waals surface area contributed by atoms with Crippen molar-refractivity contribution in [1.29, 1.82) is 0 Å². The molecule has 0 spiro atoms. The molecule has 2 saturated heterocycles. The van der Waals surface area contributed by atoms with Gasteiger partial charge in [0.25, 0.3) is 0 Å². The first kappa shape index (κ1) is 21.9. The number of para-hydroxylation sites is 1. The van der Waals surface area contributed by atoms with Gasteiger partial charge in [-0.3, -0.25) is 0 Å². The summed E-state index contributed by atoms with van der Waals surface area (Å²) in [5.41, 5.74) is 0.870. The van der Waals surface area contributed by atoms with Gasteiger partial charge in [0, 0.05) is 19.6 Å². The standard InChI is InChI=1S/C21H23N3O5S3/c25-31(26,23-12-14-29-15-13-23)16-7-9-17(10-8-16)32(27,28)24-11-3-5-19(24)21-22-18-4-1-2-6-20(18)30-21/h1-2,4,6-10,19H,3,5,11-15H2/t19-/m0/s1. The lowest BCUT2D eigenvalue weighted by Crippen LogP contribution is -2.40. The zero-order valence-corrected chi connectivity index (χ0v) is 19.7. The summed E-state index contributed by atoms with van der Waals surface area (Å²) in [5.74, 6) is 0. The maximum atomic E-state index is 13.4. The van der Waals surface area contributed by atoms with Crippen molar-refractivity contribution >= 4 is 41.6 Å². The van der Waals surface area contributed by atoms with Crippen molar-refractivity contribution in [2.75, 3.05) is 32.8 Å². The van der Waals surface area contributed by atoms with Gasteiger partial charge in [0.05, 0.1) is 39.3 Å². The molecule has 0 saturated carbocycles. The molecule has 1 atom stereocenters. The van der Waals surface area contributed by atoms with E-state index in [-0.39, 0.29) is 15.8 Å². The van der Waals surface area contributed by atoms with Gasteiger partial charge in [-0.2, -0.15) is 8.61 Å². The number of fused-ring (bicyclic) bond motifs is 1. The Morgan fingerprint density at radius 3 is 2.22 bits per heavy atom. The average Bonchev–Trinajstić information content (AvgIpc) is 3.47. The van der Waals surface area contributed by atoms with Gasteiger partial charge >= 0.3 is 0 Å². The largest absolute Gasteiger partial charge is 0.379 e. The number of thiazole rings is 1. The van der Waals surface area contributed by atoms with Gasteiger partial charge in [-0.1, -0.05) is 12.1 Å². The summed E-state index contributed by atoms with van der Waals surface area (Å²) in [7, 11) is -7.46. The second-order valence-electron chi connectivity index (χ2n) is 7.78. The first-order valence-corrected chi connectivity index (χ1v) is 14.1. The molecule has 8 nitrogen and oxygen atoms in total. The second kappa shape index (κ2) is 8.47. The van der Waals surface area contributed by atoms with Crippen LogP contribution in [0.25, 0.3) is 10.2 Å². The number of hydrogen-bond donors (Lipinski definition) is 0. The molecule has 11 heteroatoms. The van der Waals surface area contributed by atoms with Crippen molar-refractivity contribution in [3.05, 3.63) is 53.5 Å². The zero-order chi connectivity index (χ0) is 22.3. The molecule has 2 fully saturated rings. The molecule has 2 aliphatic rings. The topological polar surface area (TPSA) is 96.9 Å². The zero-order valence-electron chi connectivity index (χ0n) is 17.3. The number of sulfonamides is 2. The highest BCUT2D eigenvalue weighted by atomic mass is 32.2. The molecular weight excluding hydrogens is 470 g/mol. The summed E-state index contributed by atoms with van der Waals surface area (Å²) < 4.78 is 61.6. The van der Waals surface area contributed by atoms with Crippen LogP contribution in [0.2, 0.25) is 0 Å². The predicted octanol–water partition coefficient (Wildman–Crippen LogP) is 2.84. The van der Waals surface area contributed by atoms with Crippen LogP contribution in [0.3, 0.4) is 0 Å². The van der Waals surface area contributed by atoms with E-state index >= 15 is 0 Å². The lowest BCUT2D eigenvalue weighted by molar-refractivity contribution is 0.0730. The van der Waals surface area contributed by atoms with E-state index in [1.165, 1.54) is 44.2 Å². The summed E-state index contributed by atoms with van der Waals surface area (Å²) in [6.07, 6.45) is 1.46. The Hall–Kier alpha value is -1.89. The SMILES string of the molecule is O=S(=O)(c1ccc(S(=O)(=O)N2CCC[C@H]2c2nc3ccccc3s2)cc1)N1CCOCC1. The first-order chi connectivity index (χ1) is 15.4. The number of nitrogens with zero attached hydrogens (tertiary/aromatic N) is 3. The number of benzene rings is 2. The molecule has 5 rings (SSSR count). The van der Waals surface area contributed by atoms with Crippen LogP contribution in [0.4, 0.5) is 0 Å². The van der Waals surface area contributed by atoms with Crippen LogP contribution in [0, 0.1) is 0 Å². The van der Waals surface area contributed by atoms with Gasteiger partial charge in [0.2, 0.25) is 20.0 Å². The van der Waals surface area contributed by atoms with E-state index in [0.29, 0.717) is 39.3 Å². The quantitative estimate of drug-likeness (QED) is 0.542. The highest BCUT2D eigenvalue weighted by molar-refractivity contribution is 7.89. The first-order valence-electron chi connectivity index (χ1n) is 10.4. The Balaban J connectivity index is 1.42. The maximum Gasteiger partial charge on any atom is 0.243 e. The monoisotopic (exact) mass is 493 g/mol. The Labute approximate surface area is 191 Å². The molecule has 1 aromatic heterocycles. The molecule has 2 aliphatic heterocycles. The molecule has 0 amide bonds. The van der Waals surface area contributed by atoms with Gasteiger partial charge in [0.15, 0.2) is 0 Å². The van der Waals surface area contributed by atoms with E-state index in [1.807, 2.05) is 24.3 Å². The van der Waals surface area contributed by atoms with Crippen molar-refractivity contribution in [3.63, 3.8) is 0 Å². The highest BCUT2D eigenvalue weighted by Crippen LogP contribution is 2.39. The van der Waals surface area contributed by atoms with Crippen LogP contribution in [-0.2, 0) is 24.8 Å². The van der Waals surface area contributed by atoms with Crippen LogP contribution < -0.4 is 0 Å². The van der Waals surface area contributed by atoms with Gasteiger partial charge < -0.3 is 4.74 Å². The summed E-state index contributed by atoms with van der Waals surface area (Å²) in [6, 6.07) is 13.0. The molecule has 3 aromatic rings. The molecule has 0 aliphatic carbocycles. The van der Waals surface area contributed by atoms with E-state index < -0.39 is 20.0 Å². The lowest BCUT2D eigenvalue weighted by Gasteiger charge is -2.26. The maximum absolute atomic E-state index is 13.4. The number of hydrogen-bond acceptors (Lipinski definition) is 7. The van der Waals surface area contributed by atoms with Crippen molar-refractivity contribution in [2.45, 2.75) is 28.7 Å². The van der Waals surface area contributed by atoms with Crippen LogP contribution in [0.1, 0.15) is 23.9 Å². The Morgan fingerprint density at radius 2 is 1.53 bits per heavy atom. The molecule has 0 N–H and O–H groups in total. The van der Waals surface area contributed by atoms with Gasteiger partial charge in [-0.15, -0.1) is 11.3 Å². The Bertz CT molecular complexity index is 1300. The fourth-order valence-corrected chi connectivity index (χ4v) is 8.41. The summed E-state index contributed by atoms with van der Waals surface area (Å²) in [6.45, 7) is 1.71. The fraction of sp³-hybridized carbons (Fsp3) is 0.381. The van der Waals surface area contributed by atoms with E-state index in [9.17, 15) is 16.8 Å².